The van der Waals surface area contributed by atoms with Crippen molar-refractivity contribution in [2.45, 2.75) is 70.1 Å². The molecule has 0 saturated carbocycles. The zero-order chi connectivity index (χ0) is 17.1. The van der Waals surface area contributed by atoms with Crippen LogP contribution in [0, 0.1) is 5.92 Å². The van der Waals surface area contributed by atoms with Gasteiger partial charge in [-0.3, -0.25) is 0 Å². The van der Waals surface area contributed by atoms with Crippen molar-refractivity contribution >= 4 is 6.09 Å². The second-order valence-electron chi connectivity index (χ2n) is 8.22. The number of nitrogens with zero attached hydrogens (tertiary/aromatic N) is 2. The lowest BCUT2D eigenvalue weighted by molar-refractivity contribution is 0.0203. The summed E-state index contributed by atoms with van der Waals surface area (Å²) >= 11 is 0. The van der Waals surface area contributed by atoms with Crippen LogP contribution in [0.4, 0.5) is 4.79 Å². The number of hydrogen-bond acceptors (Lipinski definition) is 4. The molecule has 1 aromatic heterocycles. The molecule has 2 saturated heterocycles. The third kappa shape index (κ3) is 2.36. The second kappa shape index (κ2) is 5.36. The van der Waals surface area contributed by atoms with Crippen molar-refractivity contribution in [2.24, 2.45) is 5.92 Å². The summed E-state index contributed by atoms with van der Waals surface area (Å²) in [6, 6.07) is 4.69. The number of carbonyl (C=O) groups is 1. The summed E-state index contributed by atoms with van der Waals surface area (Å²) < 4.78 is 11.0. The fourth-order valence-electron chi connectivity index (χ4n) is 4.97. The Bertz CT molecular complexity index is 667. The Kier molecular flexibility index (Phi) is 3.52. The number of pyridine rings is 1. The van der Waals surface area contributed by atoms with E-state index in [4.69, 9.17) is 9.47 Å². The van der Waals surface area contributed by atoms with Crippen LogP contribution in [0.1, 0.15) is 57.2 Å². The largest absolute Gasteiger partial charge is 0.481 e. The van der Waals surface area contributed by atoms with E-state index in [0.29, 0.717) is 23.8 Å². The lowest BCUT2D eigenvalue weighted by Crippen LogP contribution is -2.40. The molecule has 2 aliphatic heterocycles. The Hall–Kier alpha value is -1.78. The van der Waals surface area contributed by atoms with E-state index in [1.807, 2.05) is 31.7 Å². The van der Waals surface area contributed by atoms with Gasteiger partial charge in [-0.05, 0) is 57.9 Å². The van der Waals surface area contributed by atoms with Crippen molar-refractivity contribution < 1.29 is 14.3 Å². The van der Waals surface area contributed by atoms with Gasteiger partial charge in [-0.15, -0.1) is 0 Å². The minimum atomic E-state index is -0.447. The molecular weight excluding hydrogens is 304 g/mol. The van der Waals surface area contributed by atoms with Crippen molar-refractivity contribution in [3.8, 4) is 5.88 Å². The number of aromatic nitrogens is 1. The third-order valence-electron chi connectivity index (χ3n) is 5.71. The third-order valence-corrected chi connectivity index (χ3v) is 5.71. The Morgan fingerprint density at radius 2 is 1.96 bits per heavy atom. The van der Waals surface area contributed by atoms with Crippen LogP contribution in [0.2, 0.25) is 0 Å². The van der Waals surface area contributed by atoms with Crippen LogP contribution >= 0.6 is 0 Å². The van der Waals surface area contributed by atoms with Crippen LogP contribution in [-0.4, -0.2) is 40.8 Å². The highest BCUT2D eigenvalue weighted by Gasteiger charge is 2.57. The van der Waals surface area contributed by atoms with Crippen LogP contribution < -0.4 is 4.74 Å². The fraction of sp³-hybridized carbons (Fsp3) is 0.684. The van der Waals surface area contributed by atoms with Gasteiger partial charge in [0.25, 0.3) is 0 Å². The molecule has 4 rings (SSSR count). The molecule has 0 N–H and O–H groups in total. The normalized spacial score (nSPS) is 30.8. The Labute approximate surface area is 143 Å². The average molecular weight is 330 g/mol. The first-order valence-corrected chi connectivity index (χ1v) is 8.94. The first-order chi connectivity index (χ1) is 11.4. The number of fused-ring (bicyclic) bond motifs is 7. The maximum absolute atomic E-state index is 12.7. The van der Waals surface area contributed by atoms with E-state index >= 15 is 0 Å². The molecule has 3 aliphatic rings. The van der Waals surface area contributed by atoms with Crippen molar-refractivity contribution in [2.75, 3.05) is 7.11 Å². The summed E-state index contributed by atoms with van der Waals surface area (Å²) in [6.45, 7) is 5.80. The lowest BCUT2D eigenvalue weighted by atomic mass is 9.69. The van der Waals surface area contributed by atoms with Crippen molar-refractivity contribution in [3.63, 3.8) is 0 Å². The summed E-state index contributed by atoms with van der Waals surface area (Å²) in [5, 5.41) is 0. The number of rotatable bonds is 1. The molecule has 0 spiro atoms. The molecule has 4 atom stereocenters. The molecule has 5 nitrogen and oxygen atoms in total. The van der Waals surface area contributed by atoms with Gasteiger partial charge in [-0.25, -0.2) is 9.78 Å². The van der Waals surface area contributed by atoms with Gasteiger partial charge in [-0.2, -0.15) is 0 Å². The van der Waals surface area contributed by atoms with Gasteiger partial charge >= 0.3 is 6.09 Å². The standard InChI is InChI=1S/C19H26N2O3/c1-19(2,3)24-18(22)21-14-8-9-15(21)17-11-6-10-16(23-4)20-13(11)7-5-12(14)17/h6,10,12,14-15,17H,5,7-9H2,1-4H3/t12-,14-,15+,17-/m0/s1. The summed E-state index contributed by atoms with van der Waals surface area (Å²) in [5.41, 5.74) is 2.01. The van der Waals surface area contributed by atoms with Crippen LogP contribution in [0.15, 0.2) is 12.1 Å². The molecular formula is C19H26N2O3. The molecule has 0 aromatic carbocycles. The first-order valence-electron chi connectivity index (χ1n) is 8.94. The highest BCUT2D eigenvalue weighted by atomic mass is 16.6. The predicted octanol–water partition coefficient (Wildman–Crippen LogP) is 3.52. The van der Waals surface area contributed by atoms with Crippen LogP contribution in [0.25, 0.3) is 0 Å². The number of carbonyl (C=O) groups excluding carboxylic acids is 1. The number of hydrogen-bond donors (Lipinski definition) is 0. The van der Waals surface area contributed by atoms with E-state index in [9.17, 15) is 4.79 Å². The Morgan fingerprint density at radius 1 is 1.21 bits per heavy atom. The van der Waals surface area contributed by atoms with Gasteiger partial charge in [0.05, 0.1) is 7.11 Å². The zero-order valence-electron chi connectivity index (χ0n) is 14.9. The first kappa shape index (κ1) is 15.7. The van der Waals surface area contributed by atoms with Gasteiger partial charge in [0, 0.05) is 29.8 Å². The molecule has 2 fully saturated rings. The highest BCUT2D eigenvalue weighted by Crippen LogP contribution is 2.55. The van der Waals surface area contributed by atoms with E-state index in [2.05, 4.69) is 11.1 Å². The lowest BCUT2D eigenvalue weighted by Gasteiger charge is -2.34. The highest BCUT2D eigenvalue weighted by molar-refractivity contribution is 5.70. The molecule has 3 heterocycles. The molecule has 24 heavy (non-hydrogen) atoms. The molecule has 1 aliphatic carbocycles. The van der Waals surface area contributed by atoms with Gasteiger partial charge in [-0.1, -0.05) is 6.07 Å². The Balaban J connectivity index is 1.65. The summed E-state index contributed by atoms with van der Waals surface area (Å²) in [4.78, 5) is 19.4. The van der Waals surface area contributed by atoms with Crippen LogP contribution in [-0.2, 0) is 11.2 Å². The smallest absolute Gasteiger partial charge is 0.410 e. The fourth-order valence-corrected chi connectivity index (χ4v) is 4.97. The minimum absolute atomic E-state index is 0.146. The molecule has 1 aromatic rings. The maximum Gasteiger partial charge on any atom is 0.410 e. The molecule has 5 heteroatoms. The van der Waals surface area contributed by atoms with E-state index in [-0.39, 0.29) is 12.1 Å². The van der Waals surface area contributed by atoms with E-state index in [1.165, 1.54) is 5.56 Å². The monoisotopic (exact) mass is 330 g/mol. The molecule has 1 amide bonds. The SMILES string of the molecule is COc1ccc2c(n1)CC[C@@H]1[C@H]2[C@H]2CC[C@@H]1N2C(=O)OC(C)(C)C. The maximum atomic E-state index is 12.7. The van der Waals surface area contributed by atoms with Crippen molar-refractivity contribution in [1.82, 2.24) is 9.88 Å². The Morgan fingerprint density at radius 3 is 2.67 bits per heavy atom. The van der Waals surface area contributed by atoms with Gasteiger partial charge in [0.1, 0.15) is 5.60 Å². The summed E-state index contributed by atoms with van der Waals surface area (Å²) in [5.74, 6) is 1.62. The predicted molar refractivity (Wildman–Crippen MR) is 90.2 cm³/mol. The van der Waals surface area contributed by atoms with Gasteiger partial charge in [0.15, 0.2) is 0 Å². The molecule has 0 unspecified atom stereocenters. The molecule has 0 radical (unpaired) electrons. The topological polar surface area (TPSA) is 51.7 Å². The number of aryl methyl sites for hydroxylation is 1. The van der Waals surface area contributed by atoms with Crippen LogP contribution in [0.3, 0.4) is 0 Å². The zero-order valence-corrected chi connectivity index (χ0v) is 14.9. The quantitative estimate of drug-likeness (QED) is 0.790. The van der Waals surface area contributed by atoms with Gasteiger partial charge < -0.3 is 14.4 Å². The number of amides is 1. The number of ether oxygens (including phenoxy) is 2. The second-order valence-corrected chi connectivity index (χ2v) is 8.22. The molecule has 130 valence electrons. The van der Waals surface area contributed by atoms with E-state index in [0.717, 1.165) is 31.4 Å². The summed E-state index contributed by atoms with van der Waals surface area (Å²) in [7, 11) is 1.65. The van der Waals surface area contributed by atoms with E-state index < -0.39 is 5.60 Å². The van der Waals surface area contributed by atoms with E-state index in [1.54, 1.807) is 7.11 Å². The number of methoxy groups -OCH3 is 1. The van der Waals surface area contributed by atoms with Gasteiger partial charge in [0.2, 0.25) is 5.88 Å². The van der Waals surface area contributed by atoms with Crippen molar-refractivity contribution in [1.29, 1.82) is 0 Å². The van der Waals surface area contributed by atoms with Crippen molar-refractivity contribution in [3.05, 3.63) is 23.4 Å². The minimum Gasteiger partial charge on any atom is -0.481 e. The molecule has 2 bridgehead atoms. The summed E-state index contributed by atoms with van der Waals surface area (Å²) in [6.07, 6.45) is 4.09. The average Bonchev–Trinajstić information content (AvgIpc) is 3.09. The van der Waals surface area contributed by atoms with Crippen LogP contribution in [0.5, 0.6) is 5.88 Å².